The van der Waals surface area contributed by atoms with Crippen molar-refractivity contribution in [3.63, 3.8) is 0 Å². The maximum absolute atomic E-state index is 11.4. The first-order valence-corrected chi connectivity index (χ1v) is 7.38. The second-order valence-corrected chi connectivity index (χ2v) is 5.11. The predicted molar refractivity (Wildman–Crippen MR) is 74.9 cm³/mol. The normalized spacial score (nSPS) is 19.3. The molecule has 1 fully saturated rings. The molecular formula is C14H28N2O3. The monoisotopic (exact) mass is 272 g/mol. The molecule has 1 heterocycles. The summed E-state index contributed by atoms with van der Waals surface area (Å²) < 4.78 is 10.8. The average molecular weight is 272 g/mol. The summed E-state index contributed by atoms with van der Waals surface area (Å²) in [5.41, 5.74) is 5.44. The van der Waals surface area contributed by atoms with Crippen molar-refractivity contribution in [2.24, 2.45) is 5.73 Å². The molecular weight excluding hydrogens is 244 g/mol. The lowest BCUT2D eigenvalue weighted by atomic mass is 10.0. The fraction of sp³-hybridized carbons (Fsp3) is 0.929. The van der Waals surface area contributed by atoms with Gasteiger partial charge in [0, 0.05) is 25.7 Å². The lowest BCUT2D eigenvalue weighted by molar-refractivity contribution is -0.144. The number of carbonyl (C=O) groups excluding carboxylic acids is 1. The summed E-state index contributed by atoms with van der Waals surface area (Å²) in [5.74, 6) is -0.101. The lowest BCUT2D eigenvalue weighted by Gasteiger charge is -2.35. The van der Waals surface area contributed by atoms with Crippen LogP contribution in [0.3, 0.4) is 0 Å². The van der Waals surface area contributed by atoms with E-state index in [2.05, 4.69) is 11.8 Å². The Kier molecular flexibility index (Phi) is 8.02. The molecule has 0 aromatic rings. The first-order chi connectivity index (χ1) is 9.17. The van der Waals surface area contributed by atoms with Crippen molar-refractivity contribution in [2.75, 3.05) is 32.8 Å². The molecule has 112 valence electrons. The van der Waals surface area contributed by atoms with Crippen LogP contribution in [0.1, 0.15) is 39.5 Å². The Labute approximate surface area is 116 Å². The lowest BCUT2D eigenvalue weighted by Crippen LogP contribution is -2.43. The zero-order valence-corrected chi connectivity index (χ0v) is 12.3. The highest BCUT2D eigenvalue weighted by atomic mass is 16.5. The predicted octanol–water partition coefficient (Wildman–Crippen LogP) is 1.16. The van der Waals surface area contributed by atoms with Crippen molar-refractivity contribution >= 4 is 5.97 Å². The summed E-state index contributed by atoms with van der Waals surface area (Å²) in [6.07, 6.45) is 3.85. The van der Waals surface area contributed by atoms with Gasteiger partial charge in [-0.1, -0.05) is 0 Å². The standard InChI is InChI=1S/C14H28N2O3/c1-3-18-14(17)11-12(2)16-8-5-13(6-9-16)19-10-4-7-15/h12-13H,3-11,15H2,1-2H3. The molecule has 0 aromatic carbocycles. The average Bonchev–Trinajstić information content (AvgIpc) is 2.40. The Morgan fingerprint density at radius 2 is 2.11 bits per heavy atom. The van der Waals surface area contributed by atoms with E-state index in [4.69, 9.17) is 15.2 Å². The molecule has 0 aromatic heterocycles. The quantitative estimate of drug-likeness (QED) is 0.530. The highest BCUT2D eigenvalue weighted by Crippen LogP contribution is 2.17. The number of piperidine rings is 1. The van der Waals surface area contributed by atoms with Gasteiger partial charge in [-0.3, -0.25) is 9.69 Å². The van der Waals surface area contributed by atoms with Crippen molar-refractivity contribution in [1.29, 1.82) is 0 Å². The number of rotatable bonds is 8. The molecule has 2 N–H and O–H groups in total. The SMILES string of the molecule is CCOC(=O)CC(C)N1CCC(OCCCN)CC1. The van der Waals surface area contributed by atoms with Crippen molar-refractivity contribution in [3.8, 4) is 0 Å². The van der Waals surface area contributed by atoms with Crippen LogP contribution in [0.2, 0.25) is 0 Å². The minimum atomic E-state index is -0.101. The molecule has 1 atom stereocenters. The number of likely N-dealkylation sites (tertiary alicyclic amines) is 1. The number of nitrogens with zero attached hydrogens (tertiary/aromatic N) is 1. The van der Waals surface area contributed by atoms with E-state index in [0.29, 0.717) is 25.7 Å². The Morgan fingerprint density at radius 3 is 2.68 bits per heavy atom. The van der Waals surface area contributed by atoms with Gasteiger partial charge >= 0.3 is 5.97 Å². The number of carbonyl (C=O) groups is 1. The Balaban J connectivity index is 2.19. The van der Waals surface area contributed by atoms with Crippen molar-refractivity contribution in [2.45, 2.75) is 51.7 Å². The van der Waals surface area contributed by atoms with Crippen LogP contribution in [-0.4, -0.2) is 55.9 Å². The van der Waals surface area contributed by atoms with Gasteiger partial charge in [0.25, 0.3) is 0 Å². The van der Waals surface area contributed by atoms with Crippen LogP contribution in [0.5, 0.6) is 0 Å². The smallest absolute Gasteiger partial charge is 0.307 e. The van der Waals surface area contributed by atoms with E-state index < -0.39 is 0 Å². The van der Waals surface area contributed by atoms with Gasteiger partial charge in [0.2, 0.25) is 0 Å². The van der Waals surface area contributed by atoms with Gasteiger partial charge in [-0.2, -0.15) is 0 Å². The van der Waals surface area contributed by atoms with E-state index in [0.717, 1.165) is 39.0 Å². The van der Waals surface area contributed by atoms with E-state index >= 15 is 0 Å². The minimum Gasteiger partial charge on any atom is -0.466 e. The van der Waals surface area contributed by atoms with Crippen LogP contribution in [-0.2, 0) is 14.3 Å². The molecule has 0 bridgehead atoms. The van der Waals surface area contributed by atoms with Crippen molar-refractivity contribution < 1.29 is 14.3 Å². The summed E-state index contributed by atoms with van der Waals surface area (Å²) in [4.78, 5) is 13.8. The van der Waals surface area contributed by atoms with Crippen LogP contribution in [0.4, 0.5) is 0 Å². The summed E-state index contributed by atoms with van der Waals surface area (Å²) in [5, 5.41) is 0. The highest BCUT2D eigenvalue weighted by Gasteiger charge is 2.24. The van der Waals surface area contributed by atoms with Crippen LogP contribution in [0.15, 0.2) is 0 Å². The second kappa shape index (κ2) is 9.28. The fourth-order valence-electron chi connectivity index (χ4n) is 2.41. The van der Waals surface area contributed by atoms with Gasteiger partial charge in [0.1, 0.15) is 0 Å². The molecule has 1 saturated heterocycles. The molecule has 0 saturated carbocycles. The number of hydrogen-bond acceptors (Lipinski definition) is 5. The minimum absolute atomic E-state index is 0.101. The molecule has 0 amide bonds. The van der Waals surface area contributed by atoms with E-state index in [1.165, 1.54) is 0 Å². The van der Waals surface area contributed by atoms with Gasteiger partial charge < -0.3 is 15.2 Å². The molecule has 0 radical (unpaired) electrons. The third kappa shape index (κ3) is 6.36. The summed E-state index contributed by atoms with van der Waals surface area (Å²) in [7, 11) is 0. The largest absolute Gasteiger partial charge is 0.466 e. The molecule has 1 unspecified atom stereocenters. The number of hydrogen-bond donors (Lipinski definition) is 1. The zero-order chi connectivity index (χ0) is 14.1. The van der Waals surface area contributed by atoms with E-state index in [1.807, 2.05) is 6.92 Å². The first kappa shape index (κ1) is 16.4. The molecule has 0 spiro atoms. The van der Waals surface area contributed by atoms with Crippen LogP contribution in [0.25, 0.3) is 0 Å². The zero-order valence-electron chi connectivity index (χ0n) is 12.3. The van der Waals surface area contributed by atoms with Gasteiger partial charge in [-0.15, -0.1) is 0 Å². The topological polar surface area (TPSA) is 64.8 Å². The van der Waals surface area contributed by atoms with Crippen LogP contribution < -0.4 is 5.73 Å². The Morgan fingerprint density at radius 1 is 1.42 bits per heavy atom. The molecule has 19 heavy (non-hydrogen) atoms. The molecule has 0 aliphatic carbocycles. The Bertz CT molecular complexity index is 253. The van der Waals surface area contributed by atoms with E-state index in [1.54, 1.807) is 0 Å². The number of nitrogens with two attached hydrogens (primary N) is 1. The van der Waals surface area contributed by atoms with Crippen molar-refractivity contribution in [3.05, 3.63) is 0 Å². The summed E-state index contributed by atoms with van der Waals surface area (Å²) in [6.45, 7) is 7.83. The van der Waals surface area contributed by atoms with Crippen LogP contribution in [0, 0.1) is 0 Å². The van der Waals surface area contributed by atoms with E-state index in [-0.39, 0.29) is 12.0 Å². The number of ether oxygens (including phenoxy) is 2. The van der Waals surface area contributed by atoms with Crippen molar-refractivity contribution in [1.82, 2.24) is 4.90 Å². The van der Waals surface area contributed by atoms with Crippen LogP contribution >= 0.6 is 0 Å². The maximum atomic E-state index is 11.4. The van der Waals surface area contributed by atoms with E-state index in [9.17, 15) is 4.79 Å². The van der Waals surface area contributed by atoms with Gasteiger partial charge in [-0.05, 0) is 39.7 Å². The van der Waals surface area contributed by atoms with Gasteiger partial charge in [0.05, 0.1) is 19.1 Å². The summed E-state index contributed by atoms with van der Waals surface area (Å²) in [6, 6.07) is 0.254. The molecule has 5 nitrogen and oxygen atoms in total. The molecule has 1 aliphatic rings. The second-order valence-electron chi connectivity index (χ2n) is 5.11. The van der Waals surface area contributed by atoms with Gasteiger partial charge in [0.15, 0.2) is 0 Å². The first-order valence-electron chi connectivity index (χ1n) is 7.38. The Hall–Kier alpha value is -0.650. The third-order valence-electron chi connectivity index (χ3n) is 3.57. The van der Waals surface area contributed by atoms with Gasteiger partial charge in [-0.25, -0.2) is 0 Å². The number of esters is 1. The highest BCUT2D eigenvalue weighted by molar-refractivity contribution is 5.70. The third-order valence-corrected chi connectivity index (χ3v) is 3.57. The molecule has 1 rings (SSSR count). The molecule has 5 heteroatoms. The summed E-state index contributed by atoms with van der Waals surface area (Å²) >= 11 is 0. The fourth-order valence-corrected chi connectivity index (χ4v) is 2.41. The molecule has 1 aliphatic heterocycles. The maximum Gasteiger partial charge on any atom is 0.307 e.